The monoisotopic (exact) mass is 423 g/mol. The number of para-hydroxylation sites is 1. The zero-order valence-corrected chi connectivity index (χ0v) is 17.4. The number of hydrogen-bond acceptors (Lipinski definition) is 5. The van der Waals surface area contributed by atoms with Gasteiger partial charge in [-0.05, 0) is 24.1 Å². The summed E-state index contributed by atoms with van der Waals surface area (Å²) < 4.78 is 9.98. The lowest BCUT2D eigenvalue weighted by Crippen LogP contribution is -2.51. The Labute approximate surface area is 179 Å². The van der Waals surface area contributed by atoms with Crippen LogP contribution in [0.25, 0.3) is 10.9 Å². The molecule has 8 heteroatoms. The minimum absolute atomic E-state index is 0.0896. The molecule has 1 aromatic heterocycles. The van der Waals surface area contributed by atoms with Crippen LogP contribution in [0.2, 0.25) is 0 Å². The molecule has 0 aliphatic rings. The second-order valence-electron chi connectivity index (χ2n) is 7.08. The Kier molecular flexibility index (Phi) is 7.26. The van der Waals surface area contributed by atoms with Gasteiger partial charge in [0.15, 0.2) is 0 Å². The number of carbonyl (C=O) groups excluding carboxylic acids is 3. The minimum Gasteiger partial charge on any atom is -0.467 e. The highest BCUT2D eigenvalue weighted by atomic mass is 16.5. The third kappa shape index (κ3) is 5.85. The van der Waals surface area contributed by atoms with Crippen molar-refractivity contribution in [3.05, 3.63) is 71.9 Å². The number of methoxy groups -OCH3 is 1. The van der Waals surface area contributed by atoms with E-state index in [1.54, 1.807) is 6.20 Å². The van der Waals surface area contributed by atoms with E-state index in [0.29, 0.717) is 0 Å². The molecule has 0 fully saturated rings. The van der Waals surface area contributed by atoms with E-state index in [-0.39, 0.29) is 13.0 Å². The minimum atomic E-state index is -0.904. The largest absolute Gasteiger partial charge is 0.467 e. The first kappa shape index (κ1) is 21.9. The number of carbonyl (C=O) groups is 3. The van der Waals surface area contributed by atoms with Crippen molar-refractivity contribution in [2.24, 2.45) is 0 Å². The van der Waals surface area contributed by atoms with Gasteiger partial charge in [-0.25, -0.2) is 9.59 Å². The molecule has 0 saturated carbocycles. The molecular formula is C23H25N3O5. The molecule has 0 aliphatic heterocycles. The van der Waals surface area contributed by atoms with Crippen LogP contribution < -0.4 is 10.6 Å². The fraction of sp³-hybridized carbons (Fsp3) is 0.261. The van der Waals surface area contributed by atoms with Crippen LogP contribution in [-0.4, -0.2) is 42.1 Å². The summed E-state index contributed by atoms with van der Waals surface area (Å²) in [6, 6.07) is 15.1. The van der Waals surface area contributed by atoms with Crippen molar-refractivity contribution < 1.29 is 23.9 Å². The molecule has 2 atom stereocenters. The molecule has 1 heterocycles. The predicted octanol–water partition coefficient (Wildman–Crippen LogP) is 2.68. The lowest BCUT2D eigenvalue weighted by molar-refractivity contribution is -0.145. The van der Waals surface area contributed by atoms with Crippen molar-refractivity contribution in [3.63, 3.8) is 0 Å². The van der Waals surface area contributed by atoms with Crippen LogP contribution in [0.1, 0.15) is 18.1 Å². The number of esters is 1. The van der Waals surface area contributed by atoms with Crippen LogP contribution in [0.3, 0.4) is 0 Å². The smallest absolute Gasteiger partial charge is 0.408 e. The maximum Gasteiger partial charge on any atom is 0.408 e. The van der Waals surface area contributed by atoms with Gasteiger partial charge >= 0.3 is 12.1 Å². The summed E-state index contributed by atoms with van der Waals surface area (Å²) in [5.74, 6) is -1.09. The Bertz CT molecular complexity index is 1050. The second-order valence-corrected chi connectivity index (χ2v) is 7.08. The van der Waals surface area contributed by atoms with Crippen molar-refractivity contribution >= 4 is 28.9 Å². The van der Waals surface area contributed by atoms with Gasteiger partial charge in [-0.15, -0.1) is 0 Å². The molecule has 31 heavy (non-hydrogen) atoms. The first-order valence-electron chi connectivity index (χ1n) is 9.88. The van der Waals surface area contributed by atoms with Gasteiger partial charge < -0.3 is 25.1 Å². The van der Waals surface area contributed by atoms with Crippen LogP contribution in [0, 0.1) is 0 Å². The van der Waals surface area contributed by atoms with E-state index < -0.39 is 30.1 Å². The molecular weight excluding hydrogens is 398 g/mol. The maximum absolute atomic E-state index is 12.6. The molecule has 0 saturated heterocycles. The van der Waals surface area contributed by atoms with Gasteiger partial charge in [0, 0.05) is 23.5 Å². The molecule has 3 rings (SSSR count). The highest BCUT2D eigenvalue weighted by molar-refractivity contribution is 5.90. The molecule has 3 aromatic rings. The Balaban J connectivity index is 1.58. The summed E-state index contributed by atoms with van der Waals surface area (Å²) >= 11 is 0. The van der Waals surface area contributed by atoms with Crippen molar-refractivity contribution in [3.8, 4) is 0 Å². The molecule has 0 unspecified atom stereocenters. The first-order valence-corrected chi connectivity index (χ1v) is 9.88. The summed E-state index contributed by atoms with van der Waals surface area (Å²) in [7, 11) is 1.26. The Hall–Kier alpha value is -3.81. The number of hydrogen-bond donors (Lipinski definition) is 3. The zero-order valence-electron chi connectivity index (χ0n) is 17.4. The fourth-order valence-corrected chi connectivity index (χ4v) is 3.16. The van der Waals surface area contributed by atoms with E-state index in [2.05, 4.69) is 15.6 Å². The molecule has 2 aromatic carbocycles. The summed E-state index contributed by atoms with van der Waals surface area (Å²) in [5, 5.41) is 6.08. The van der Waals surface area contributed by atoms with Crippen molar-refractivity contribution in [1.29, 1.82) is 0 Å². The van der Waals surface area contributed by atoms with E-state index in [9.17, 15) is 14.4 Å². The third-order valence-corrected chi connectivity index (χ3v) is 4.84. The van der Waals surface area contributed by atoms with Crippen LogP contribution >= 0.6 is 0 Å². The van der Waals surface area contributed by atoms with Crippen molar-refractivity contribution in [1.82, 2.24) is 15.6 Å². The number of ether oxygens (including phenoxy) is 2. The highest BCUT2D eigenvalue weighted by Gasteiger charge is 2.26. The summed E-state index contributed by atoms with van der Waals surface area (Å²) in [5.41, 5.74) is 2.64. The average Bonchev–Trinajstić information content (AvgIpc) is 3.20. The molecule has 3 N–H and O–H groups in total. The van der Waals surface area contributed by atoms with E-state index in [1.165, 1.54) is 14.0 Å². The van der Waals surface area contributed by atoms with Gasteiger partial charge in [0.1, 0.15) is 18.7 Å². The number of amides is 2. The lowest BCUT2D eigenvalue weighted by atomic mass is 10.0. The molecule has 2 amide bonds. The summed E-state index contributed by atoms with van der Waals surface area (Å²) in [6.07, 6.45) is 1.32. The third-order valence-electron chi connectivity index (χ3n) is 4.84. The van der Waals surface area contributed by atoms with E-state index in [4.69, 9.17) is 9.47 Å². The quantitative estimate of drug-likeness (QED) is 0.483. The number of nitrogens with one attached hydrogen (secondary N) is 3. The number of alkyl carbamates (subject to hydrolysis) is 1. The Morgan fingerprint density at radius 3 is 2.45 bits per heavy atom. The predicted molar refractivity (Wildman–Crippen MR) is 115 cm³/mol. The highest BCUT2D eigenvalue weighted by Crippen LogP contribution is 2.19. The number of aromatic nitrogens is 1. The summed E-state index contributed by atoms with van der Waals surface area (Å²) in [4.78, 5) is 40.0. The van der Waals surface area contributed by atoms with Crippen LogP contribution in [0.5, 0.6) is 0 Å². The molecule has 0 bridgehead atoms. The standard InChI is InChI=1S/C23H25N3O5/c1-15(25-23(29)31-14-16-8-4-3-5-9-16)21(27)26-20(22(28)30-2)12-17-13-24-19-11-7-6-10-18(17)19/h3-11,13,15,20,24H,12,14H2,1-2H3,(H,25,29)(H,26,27)/t15-,20-/m0/s1. The molecule has 0 radical (unpaired) electrons. The SMILES string of the molecule is COC(=O)[C@H](Cc1c[nH]c2ccccc12)NC(=O)[C@H](C)NC(=O)OCc1ccccc1. The zero-order chi connectivity index (χ0) is 22.2. The lowest BCUT2D eigenvalue weighted by Gasteiger charge is -2.20. The van der Waals surface area contributed by atoms with Crippen LogP contribution in [0.4, 0.5) is 4.79 Å². The van der Waals surface area contributed by atoms with Gasteiger partial charge in [-0.3, -0.25) is 4.79 Å². The molecule has 0 spiro atoms. The molecule has 8 nitrogen and oxygen atoms in total. The Morgan fingerprint density at radius 1 is 1.00 bits per heavy atom. The average molecular weight is 423 g/mol. The topological polar surface area (TPSA) is 110 Å². The number of rotatable bonds is 8. The van der Waals surface area contributed by atoms with E-state index in [0.717, 1.165) is 22.0 Å². The van der Waals surface area contributed by atoms with Gasteiger partial charge in [-0.1, -0.05) is 48.5 Å². The van der Waals surface area contributed by atoms with Gasteiger partial charge in [0.2, 0.25) is 5.91 Å². The fourth-order valence-electron chi connectivity index (χ4n) is 3.16. The van der Waals surface area contributed by atoms with E-state index in [1.807, 2.05) is 54.6 Å². The van der Waals surface area contributed by atoms with Gasteiger partial charge in [0.05, 0.1) is 7.11 Å². The normalized spacial score (nSPS) is 12.6. The number of aromatic amines is 1. The number of H-pyrrole nitrogens is 1. The van der Waals surface area contributed by atoms with Crippen LogP contribution in [0.15, 0.2) is 60.8 Å². The first-order chi connectivity index (χ1) is 15.0. The summed E-state index contributed by atoms with van der Waals surface area (Å²) in [6.45, 7) is 1.60. The second kappa shape index (κ2) is 10.3. The molecule has 162 valence electrons. The maximum atomic E-state index is 12.6. The number of fused-ring (bicyclic) bond motifs is 1. The van der Waals surface area contributed by atoms with Gasteiger partial charge in [-0.2, -0.15) is 0 Å². The van der Waals surface area contributed by atoms with E-state index >= 15 is 0 Å². The molecule has 0 aliphatic carbocycles. The van der Waals surface area contributed by atoms with Crippen molar-refractivity contribution in [2.45, 2.75) is 32.0 Å². The Morgan fingerprint density at radius 2 is 1.71 bits per heavy atom. The number of benzene rings is 2. The van der Waals surface area contributed by atoms with Gasteiger partial charge in [0.25, 0.3) is 0 Å². The van der Waals surface area contributed by atoms with Crippen molar-refractivity contribution in [2.75, 3.05) is 7.11 Å². The van der Waals surface area contributed by atoms with Crippen LogP contribution in [-0.2, 0) is 32.1 Å².